The monoisotopic (exact) mass is 277 g/mol. The molecule has 20 heavy (non-hydrogen) atoms. The van der Waals surface area contributed by atoms with Crippen LogP contribution in [0.2, 0.25) is 0 Å². The largest absolute Gasteiger partial charge is 0.497 e. The molecule has 0 aromatic heterocycles. The van der Waals surface area contributed by atoms with E-state index in [1.54, 1.807) is 7.11 Å². The summed E-state index contributed by atoms with van der Waals surface area (Å²) >= 11 is 0. The van der Waals surface area contributed by atoms with Crippen LogP contribution in [0.5, 0.6) is 5.75 Å². The summed E-state index contributed by atoms with van der Waals surface area (Å²) in [5, 5.41) is 14.5. The van der Waals surface area contributed by atoms with Crippen molar-refractivity contribution in [3.63, 3.8) is 0 Å². The molecule has 1 heterocycles. The maximum absolute atomic E-state index is 10.9. The Balaban J connectivity index is 2.15. The molecule has 0 aliphatic carbocycles. The van der Waals surface area contributed by atoms with E-state index in [-0.39, 0.29) is 11.5 Å². The molecule has 0 radical (unpaired) electrons. The number of hydrogen-bond donors (Lipinski definition) is 2. The normalized spacial score (nSPS) is 29.1. The quantitative estimate of drug-likeness (QED) is 0.889. The molecule has 3 heteroatoms. The number of ether oxygens (including phenoxy) is 1. The van der Waals surface area contributed by atoms with Gasteiger partial charge in [0, 0.05) is 11.5 Å². The average Bonchev–Trinajstić information content (AvgIpc) is 2.45. The smallest absolute Gasteiger partial charge is 0.118 e. The van der Waals surface area contributed by atoms with Gasteiger partial charge in [0.05, 0.1) is 12.7 Å². The highest BCUT2D eigenvalue weighted by Gasteiger charge is 2.49. The molecule has 2 atom stereocenters. The van der Waals surface area contributed by atoms with Crippen molar-refractivity contribution in [3.05, 3.63) is 29.8 Å². The van der Waals surface area contributed by atoms with E-state index in [1.807, 2.05) is 12.1 Å². The maximum Gasteiger partial charge on any atom is 0.118 e. The second-order valence-corrected chi connectivity index (χ2v) is 6.42. The highest BCUT2D eigenvalue weighted by atomic mass is 16.5. The number of rotatable bonds is 4. The minimum absolute atomic E-state index is 0.139. The van der Waals surface area contributed by atoms with Crippen molar-refractivity contribution in [2.24, 2.45) is 5.41 Å². The average molecular weight is 277 g/mol. The lowest BCUT2D eigenvalue weighted by molar-refractivity contribution is -0.112. The van der Waals surface area contributed by atoms with Crippen LogP contribution in [0.4, 0.5) is 0 Å². The molecule has 1 aromatic carbocycles. The van der Waals surface area contributed by atoms with Crippen molar-refractivity contribution in [2.75, 3.05) is 13.7 Å². The lowest BCUT2D eigenvalue weighted by Gasteiger charge is -2.51. The summed E-state index contributed by atoms with van der Waals surface area (Å²) in [4.78, 5) is 0. The molecule has 1 aromatic rings. The number of hydrogen-bond acceptors (Lipinski definition) is 3. The molecule has 1 saturated heterocycles. The van der Waals surface area contributed by atoms with Gasteiger partial charge in [0.1, 0.15) is 5.75 Å². The van der Waals surface area contributed by atoms with Crippen LogP contribution >= 0.6 is 0 Å². The SMILES string of the molecule is CC[C@@]1(O)CCN[C@H](Cc2ccc(OC)cc2)C1(C)C. The minimum atomic E-state index is -0.574. The molecule has 112 valence electrons. The zero-order valence-electron chi connectivity index (χ0n) is 13.1. The fourth-order valence-corrected chi connectivity index (χ4v) is 3.31. The summed E-state index contributed by atoms with van der Waals surface area (Å²) in [6.45, 7) is 7.32. The van der Waals surface area contributed by atoms with Gasteiger partial charge in [0.25, 0.3) is 0 Å². The van der Waals surface area contributed by atoms with Crippen molar-refractivity contribution in [1.82, 2.24) is 5.32 Å². The Bertz CT molecular complexity index is 441. The Labute approximate surface area is 122 Å². The topological polar surface area (TPSA) is 41.5 Å². The Morgan fingerprint density at radius 3 is 2.50 bits per heavy atom. The highest BCUT2D eigenvalue weighted by Crippen LogP contribution is 2.42. The van der Waals surface area contributed by atoms with Crippen LogP contribution in [-0.2, 0) is 6.42 Å². The van der Waals surface area contributed by atoms with Gasteiger partial charge in [-0.15, -0.1) is 0 Å². The van der Waals surface area contributed by atoms with Gasteiger partial charge >= 0.3 is 0 Å². The molecule has 1 fully saturated rings. The van der Waals surface area contributed by atoms with E-state index in [4.69, 9.17) is 4.74 Å². The number of methoxy groups -OCH3 is 1. The molecule has 2 N–H and O–H groups in total. The van der Waals surface area contributed by atoms with Crippen molar-refractivity contribution in [1.29, 1.82) is 0 Å². The molecular weight excluding hydrogens is 250 g/mol. The van der Waals surface area contributed by atoms with Crippen molar-refractivity contribution >= 4 is 0 Å². The van der Waals surface area contributed by atoms with E-state index in [9.17, 15) is 5.11 Å². The molecule has 0 unspecified atom stereocenters. The predicted octanol–water partition coefficient (Wildman–Crippen LogP) is 2.77. The first-order valence-electron chi connectivity index (χ1n) is 7.51. The molecular formula is C17H27NO2. The molecule has 0 saturated carbocycles. The Morgan fingerprint density at radius 1 is 1.30 bits per heavy atom. The fourth-order valence-electron chi connectivity index (χ4n) is 3.31. The van der Waals surface area contributed by atoms with E-state index >= 15 is 0 Å². The van der Waals surface area contributed by atoms with Gasteiger partial charge in [0.15, 0.2) is 0 Å². The first-order valence-corrected chi connectivity index (χ1v) is 7.51. The Hall–Kier alpha value is -1.06. The van der Waals surface area contributed by atoms with E-state index < -0.39 is 5.60 Å². The molecule has 2 rings (SSSR count). The summed E-state index contributed by atoms with van der Waals surface area (Å²) in [6.07, 6.45) is 2.57. The van der Waals surface area contributed by atoms with Crippen LogP contribution in [0.3, 0.4) is 0 Å². The lowest BCUT2D eigenvalue weighted by atomic mass is 9.63. The lowest BCUT2D eigenvalue weighted by Crippen LogP contribution is -2.62. The van der Waals surface area contributed by atoms with Crippen LogP contribution in [0.15, 0.2) is 24.3 Å². The summed E-state index contributed by atoms with van der Waals surface area (Å²) in [6, 6.07) is 8.50. The third-order valence-corrected chi connectivity index (χ3v) is 5.18. The van der Waals surface area contributed by atoms with Crippen LogP contribution in [0.1, 0.15) is 39.2 Å². The second-order valence-electron chi connectivity index (χ2n) is 6.42. The van der Waals surface area contributed by atoms with Crippen LogP contribution in [0, 0.1) is 5.41 Å². The summed E-state index contributed by atoms with van der Waals surface area (Å²) in [5.74, 6) is 0.884. The van der Waals surface area contributed by atoms with Gasteiger partial charge < -0.3 is 15.2 Å². The van der Waals surface area contributed by atoms with Crippen molar-refractivity contribution < 1.29 is 9.84 Å². The zero-order chi connectivity index (χ0) is 14.8. The van der Waals surface area contributed by atoms with E-state index in [2.05, 4.69) is 38.2 Å². The molecule has 0 spiro atoms. The molecule has 0 amide bonds. The molecule has 1 aliphatic heterocycles. The van der Waals surface area contributed by atoms with Gasteiger partial charge in [-0.1, -0.05) is 32.9 Å². The predicted molar refractivity (Wildman–Crippen MR) is 82.1 cm³/mol. The van der Waals surface area contributed by atoms with E-state index in [0.29, 0.717) is 0 Å². The van der Waals surface area contributed by atoms with Gasteiger partial charge in [-0.3, -0.25) is 0 Å². The number of nitrogens with one attached hydrogen (secondary N) is 1. The molecule has 0 bridgehead atoms. The van der Waals surface area contributed by atoms with Crippen molar-refractivity contribution in [3.8, 4) is 5.75 Å². The van der Waals surface area contributed by atoms with E-state index in [1.165, 1.54) is 5.56 Å². The standard InChI is InChI=1S/C17H27NO2/c1-5-17(19)10-11-18-15(16(17,2)3)12-13-6-8-14(20-4)9-7-13/h6-9,15,18-19H,5,10-12H2,1-4H3/t15-,17-/m1/s1. The number of piperidine rings is 1. The first-order chi connectivity index (χ1) is 9.43. The Kier molecular flexibility index (Phi) is 4.40. The zero-order valence-corrected chi connectivity index (χ0v) is 13.1. The van der Waals surface area contributed by atoms with Crippen molar-refractivity contribution in [2.45, 2.75) is 51.7 Å². The summed E-state index contributed by atoms with van der Waals surface area (Å²) < 4.78 is 5.19. The van der Waals surface area contributed by atoms with Crippen LogP contribution in [0.25, 0.3) is 0 Å². The summed E-state index contributed by atoms with van der Waals surface area (Å²) in [7, 11) is 1.68. The number of aliphatic hydroxyl groups is 1. The Morgan fingerprint density at radius 2 is 1.95 bits per heavy atom. The van der Waals surface area contributed by atoms with Gasteiger partial charge in [-0.05, 0) is 43.5 Å². The van der Waals surface area contributed by atoms with Crippen LogP contribution in [-0.4, -0.2) is 30.4 Å². The first kappa shape index (κ1) is 15.3. The maximum atomic E-state index is 10.9. The molecule has 1 aliphatic rings. The minimum Gasteiger partial charge on any atom is -0.497 e. The van der Waals surface area contributed by atoms with Gasteiger partial charge in [0.2, 0.25) is 0 Å². The highest BCUT2D eigenvalue weighted by molar-refractivity contribution is 5.28. The second kappa shape index (κ2) is 5.74. The summed E-state index contributed by atoms with van der Waals surface area (Å²) in [5.41, 5.74) is 0.562. The van der Waals surface area contributed by atoms with Gasteiger partial charge in [-0.25, -0.2) is 0 Å². The third-order valence-electron chi connectivity index (χ3n) is 5.18. The fraction of sp³-hybridized carbons (Fsp3) is 0.647. The molecule has 3 nitrogen and oxygen atoms in total. The number of benzene rings is 1. The van der Waals surface area contributed by atoms with Crippen LogP contribution < -0.4 is 10.1 Å². The third kappa shape index (κ3) is 2.70. The van der Waals surface area contributed by atoms with Gasteiger partial charge in [-0.2, -0.15) is 0 Å². The van der Waals surface area contributed by atoms with E-state index in [0.717, 1.165) is 31.6 Å².